The molecule has 36 heavy (non-hydrogen) atoms. The lowest BCUT2D eigenvalue weighted by Gasteiger charge is -2.27. The Labute approximate surface area is 209 Å². The minimum Gasteiger partial charge on any atom is -0.504 e. The summed E-state index contributed by atoms with van der Waals surface area (Å²) in [6, 6.07) is 2.52. The van der Waals surface area contributed by atoms with E-state index in [1.54, 1.807) is 29.2 Å². The third kappa shape index (κ3) is 4.72. The minimum absolute atomic E-state index is 0.0119. The predicted octanol–water partition coefficient (Wildman–Crippen LogP) is 3.74. The van der Waals surface area contributed by atoms with E-state index in [4.69, 9.17) is 0 Å². The molecule has 2 aliphatic carbocycles. The molecule has 2 amide bonds. The van der Waals surface area contributed by atoms with Gasteiger partial charge in [-0.05, 0) is 83.3 Å². The Morgan fingerprint density at radius 2 is 1.86 bits per heavy atom. The number of pyridine rings is 1. The van der Waals surface area contributed by atoms with Crippen molar-refractivity contribution >= 4 is 17.6 Å². The molecule has 0 saturated heterocycles. The Balaban J connectivity index is 1.39. The summed E-state index contributed by atoms with van der Waals surface area (Å²) < 4.78 is 1.65. The second-order valence-electron chi connectivity index (χ2n) is 10.3. The molecule has 0 aromatic carbocycles. The number of carbonyl (C=O) groups excluding carboxylic acids is 2. The Bertz CT molecular complexity index is 1250. The normalized spacial score (nSPS) is 16.4. The topological polar surface area (TPSA) is 138 Å². The molecule has 5 rings (SSSR count). The number of nitrogens with one attached hydrogen (secondary N) is 3. The van der Waals surface area contributed by atoms with Crippen molar-refractivity contribution in [2.45, 2.75) is 65.5 Å². The second kappa shape index (κ2) is 9.40. The van der Waals surface area contributed by atoms with Gasteiger partial charge >= 0.3 is 0 Å². The van der Waals surface area contributed by atoms with Crippen molar-refractivity contribution in [1.82, 2.24) is 30.3 Å². The third-order valence-electron chi connectivity index (χ3n) is 7.20. The number of aromatic hydroxyl groups is 1. The number of aromatic nitrogens is 5. The van der Waals surface area contributed by atoms with E-state index in [-0.39, 0.29) is 35.3 Å². The number of hydrogen-bond donors (Lipinski definition) is 4. The van der Waals surface area contributed by atoms with Crippen LogP contribution in [-0.4, -0.2) is 47.9 Å². The molecule has 0 unspecified atom stereocenters. The number of aromatic amines is 1. The number of aryl methyl sites for hydroxylation is 2. The van der Waals surface area contributed by atoms with Crippen LogP contribution < -0.4 is 10.6 Å². The number of nitrogens with zero attached hydrogens (tertiary/aromatic N) is 4. The average Bonchev–Trinajstić information content (AvgIpc) is 3.77. The first kappa shape index (κ1) is 24.0. The van der Waals surface area contributed by atoms with Gasteiger partial charge in [0.15, 0.2) is 11.6 Å². The second-order valence-corrected chi connectivity index (χ2v) is 10.3. The maximum absolute atomic E-state index is 13.6. The number of H-pyrrole nitrogens is 1. The van der Waals surface area contributed by atoms with Gasteiger partial charge in [0.25, 0.3) is 5.91 Å². The van der Waals surface area contributed by atoms with Gasteiger partial charge in [0, 0.05) is 35.3 Å². The van der Waals surface area contributed by atoms with Crippen molar-refractivity contribution in [2.24, 2.45) is 17.8 Å². The summed E-state index contributed by atoms with van der Waals surface area (Å²) in [6.07, 6.45) is 7.45. The first-order valence-electron chi connectivity index (χ1n) is 12.6. The van der Waals surface area contributed by atoms with Crippen LogP contribution in [0.5, 0.6) is 5.75 Å². The van der Waals surface area contributed by atoms with Gasteiger partial charge in [-0.2, -0.15) is 10.2 Å². The van der Waals surface area contributed by atoms with Crippen LogP contribution in [0.3, 0.4) is 0 Å². The summed E-state index contributed by atoms with van der Waals surface area (Å²) in [5.74, 6) is 0.124. The van der Waals surface area contributed by atoms with E-state index in [1.807, 2.05) is 27.7 Å². The molecule has 2 saturated carbocycles. The Hall–Kier alpha value is -3.69. The molecule has 3 aromatic rings. The van der Waals surface area contributed by atoms with E-state index >= 15 is 0 Å². The summed E-state index contributed by atoms with van der Waals surface area (Å²) in [7, 11) is 0. The van der Waals surface area contributed by atoms with Gasteiger partial charge < -0.3 is 15.7 Å². The van der Waals surface area contributed by atoms with Gasteiger partial charge in [0.05, 0.1) is 5.69 Å². The van der Waals surface area contributed by atoms with Crippen molar-refractivity contribution in [3.05, 3.63) is 41.6 Å². The van der Waals surface area contributed by atoms with Gasteiger partial charge in [0.2, 0.25) is 5.91 Å². The van der Waals surface area contributed by atoms with Gasteiger partial charge in [-0.25, -0.2) is 4.98 Å². The number of rotatable bonds is 9. The lowest BCUT2D eigenvalue weighted by molar-refractivity contribution is -0.119. The van der Waals surface area contributed by atoms with Crippen LogP contribution in [0.25, 0.3) is 11.1 Å². The molecular formula is C26H33N7O3. The SMILES string of the molecule is Cc1n[nH]c(C)c1-c1cnc(NC(=O)[C@@H](NC(=O)c2ccnn2C(C)C)C(C2CC2)C2CC2)c(O)c1. The quantitative estimate of drug-likeness (QED) is 0.360. The first-order chi connectivity index (χ1) is 17.2. The van der Waals surface area contributed by atoms with Crippen LogP contribution in [0.2, 0.25) is 0 Å². The highest BCUT2D eigenvalue weighted by atomic mass is 16.3. The Kier molecular flexibility index (Phi) is 6.27. The van der Waals surface area contributed by atoms with Gasteiger partial charge in [-0.15, -0.1) is 0 Å². The maximum atomic E-state index is 13.6. The average molecular weight is 492 g/mol. The maximum Gasteiger partial charge on any atom is 0.270 e. The van der Waals surface area contributed by atoms with Gasteiger partial charge in [-0.3, -0.25) is 19.4 Å². The molecule has 0 radical (unpaired) electrons. The van der Waals surface area contributed by atoms with Crippen LogP contribution in [0.4, 0.5) is 5.82 Å². The van der Waals surface area contributed by atoms with Crippen molar-refractivity contribution in [1.29, 1.82) is 0 Å². The van der Waals surface area contributed by atoms with Crippen LogP contribution in [0.1, 0.15) is 67.4 Å². The molecule has 3 heterocycles. The van der Waals surface area contributed by atoms with E-state index in [0.29, 0.717) is 23.1 Å². The molecular weight excluding hydrogens is 458 g/mol. The fourth-order valence-electron chi connectivity index (χ4n) is 5.21. The van der Waals surface area contributed by atoms with E-state index in [2.05, 4.69) is 30.9 Å². The van der Waals surface area contributed by atoms with Crippen LogP contribution in [0.15, 0.2) is 24.5 Å². The smallest absolute Gasteiger partial charge is 0.270 e. The lowest BCUT2D eigenvalue weighted by atomic mass is 9.88. The third-order valence-corrected chi connectivity index (χ3v) is 7.20. The fraction of sp³-hybridized carbons (Fsp3) is 0.500. The van der Waals surface area contributed by atoms with Gasteiger partial charge in [-0.1, -0.05) is 0 Å². The largest absolute Gasteiger partial charge is 0.504 e. The van der Waals surface area contributed by atoms with Crippen molar-refractivity contribution in [3.8, 4) is 16.9 Å². The van der Waals surface area contributed by atoms with Crippen molar-refractivity contribution in [3.63, 3.8) is 0 Å². The molecule has 10 nitrogen and oxygen atoms in total. The monoisotopic (exact) mass is 491 g/mol. The van der Waals surface area contributed by atoms with Gasteiger partial charge in [0.1, 0.15) is 11.7 Å². The molecule has 4 N–H and O–H groups in total. The summed E-state index contributed by atoms with van der Waals surface area (Å²) in [6.45, 7) is 7.68. The number of amides is 2. The molecule has 0 bridgehead atoms. The molecule has 0 aliphatic heterocycles. The summed E-state index contributed by atoms with van der Waals surface area (Å²) in [5.41, 5.74) is 3.65. The first-order valence-corrected chi connectivity index (χ1v) is 12.6. The zero-order valence-corrected chi connectivity index (χ0v) is 21.1. The standard InChI is InChI=1S/C26H33N7O3/c1-13(2)33-19(9-10-28-33)25(35)29-23(22(16-5-6-16)17-7-8-17)26(36)30-24-20(34)11-18(12-27-24)21-14(3)31-32-15(21)4/h9-13,16-17,22-23,34H,5-8H2,1-4H3,(H,29,35)(H,31,32)(H,27,30,36)/t23-/m0/s1. The fourth-order valence-corrected chi connectivity index (χ4v) is 5.21. The summed E-state index contributed by atoms with van der Waals surface area (Å²) >= 11 is 0. The van der Waals surface area contributed by atoms with Crippen LogP contribution in [-0.2, 0) is 4.79 Å². The molecule has 2 fully saturated rings. The van der Waals surface area contributed by atoms with E-state index in [1.165, 1.54) is 0 Å². The molecule has 2 aliphatic rings. The van der Waals surface area contributed by atoms with E-state index in [0.717, 1.165) is 42.6 Å². The van der Waals surface area contributed by atoms with Crippen LogP contribution in [0, 0.1) is 31.6 Å². The summed E-state index contributed by atoms with van der Waals surface area (Å²) in [5, 5.41) is 27.9. The number of carbonyl (C=O) groups is 2. The lowest BCUT2D eigenvalue weighted by Crippen LogP contribution is -2.50. The molecule has 1 atom stereocenters. The van der Waals surface area contributed by atoms with Crippen molar-refractivity contribution in [2.75, 3.05) is 5.32 Å². The number of hydrogen-bond acceptors (Lipinski definition) is 6. The van der Waals surface area contributed by atoms with E-state index in [9.17, 15) is 14.7 Å². The highest BCUT2D eigenvalue weighted by molar-refractivity contribution is 6.01. The summed E-state index contributed by atoms with van der Waals surface area (Å²) in [4.78, 5) is 31.2. The van der Waals surface area contributed by atoms with Crippen molar-refractivity contribution < 1.29 is 14.7 Å². The van der Waals surface area contributed by atoms with Crippen LogP contribution >= 0.6 is 0 Å². The predicted molar refractivity (Wildman–Crippen MR) is 134 cm³/mol. The molecule has 3 aromatic heterocycles. The Morgan fingerprint density at radius 3 is 2.42 bits per heavy atom. The van der Waals surface area contributed by atoms with E-state index < -0.39 is 6.04 Å². The number of anilines is 1. The Morgan fingerprint density at radius 1 is 1.17 bits per heavy atom. The molecule has 0 spiro atoms. The molecule has 10 heteroatoms. The molecule has 190 valence electrons. The zero-order chi connectivity index (χ0) is 25.6. The minimum atomic E-state index is -0.729. The highest BCUT2D eigenvalue weighted by Gasteiger charge is 2.48. The zero-order valence-electron chi connectivity index (χ0n) is 21.1. The highest BCUT2D eigenvalue weighted by Crippen LogP contribution is 2.51.